The molecule has 4 aliphatic heterocycles. The van der Waals surface area contributed by atoms with Crippen molar-refractivity contribution in [3.05, 3.63) is 28.8 Å². The summed E-state index contributed by atoms with van der Waals surface area (Å²) < 4.78 is 5.99. The Balaban J connectivity index is 1.30. The normalized spacial score (nSPS) is 32.9. The molecule has 0 aliphatic carbocycles. The maximum Gasteiger partial charge on any atom is 0.407 e. The number of morpholine rings is 1. The van der Waals surface area contributed by atoms with Gasteiger partial charge in [0, 0.05) is 56.5 Å². The van der Waals surface area contributed by atoms with E-state index in [2.05, 4.69) is 21.9 Å². The van der Waals surface area contributed by atoms with Gasteiger partial charge in [0.15, 0.2) is 0 Å². The van der Waals surface area contributed by atoms with Crippen molar-refractivity contribution in [2.45, 2.75) is 31.6 Å². The van der Waals surface area contributed by atoms with Crippen LogP contribution in [0.4, 0.5) is 10.5 Å². The molecular weight excluding hydrogens is 366 g/mol. The van der Waals surface area contributed by atoms with Crippen LogP contribution >= 0.6 is 11.6 Å². The molecule has 1 aromatic rings. The lowest BCUT2D eigenvalue weighted by atomic mass is 10.0. The average Bonchev–Trinajstić information content (AvgIpc) is 3.29. The van der Waals surface area contributed by atoms with Crippen molar-refractivity contribution >= 4 is 23.4 Å². The van der Waals surface area contributed by atoms with Crippen molar-refractivity contribution in [3.63, 3.8) is 0 Å². The molecule has 4 aliphatic rings. The molecule has 1 N–H and O–H groups in total. The molecule has 0 aromatic heterocycles. The predicted octanol–water partition coefficient (Wildman–Crippen LogP) is 2.75. The number of ether oxygens (including phenoxy) is 1. The third kappa shape index (κ3) is 3.39. The highest BCUT2D eigenvalue weighted by molar-refractivity contribution is 6.30. The maximum absolute atomic E-state index is 11.2. The van der Waals surface area contributed by atoms with Gasteiger partial charge in [0.25, 0.3) is 0 Å². The van der Waals surface area contributed by atoms with E-state index in [0.717, 1.165) is 50.6 Å². The lowest BCUT2D eigenvalue weighted by molar-refractivity contribution is 0.0304. The summed E-state index contributed by atoms with van der Waals surface area (Å²) in [6, 6.07) is 6.25. The Bertz CT molecular complexity index is 719. The van der Waals surface area contributed by atoms with E-state index in [4.69, 9.17) is 16.3 Å². The topological polar surface area (TPSA) is 56.2 Å². The standard InChI is InChI=1S/C20H26ClN3O3/c21-16-2-1-13(19(5-16)23-11-17-3-4-18(12-23)27-17)6-22-7-14-9-24(20(25)26)10-15(14)8-22/h1-2,5,14-15,17-18H,3-4,6-12H2,(H,25,26). The number of carbonyl (C=O) groups is 1. The molecule has 2 bridgehead atoms. The van der Waals surface area contributed by atoms with E-state index in [1.165, 1.54) is 11.3 Å². The molecule has 0 spiro atoms. The molecule has 4 unspecified atom stereocenters. The largest absolute Gasteiger partial charge is 0.465 e. The number of fused-ring (bicyclic) bond motifs is 3. The van der Waals surface area contributed by atoms with Gasteiger partial charge >= 0.3 is 6.09 Å². The number of halogens is 1. The molecule has 5 rings (SSSR count). The Kier molecular flexibility index (Phi) is 4.45. The van der Waals surface area contributed by atoms with Crippen molar-refractivity contribution in [2.24, 2.45) is 11.8 Å². The van der Waals surface area contributed by atoms with Gasteiger partial charge in [0.1, 0.15) is 0 Å². The minimum absolute atomic E-state index is 0.351. The van der Waals surface area contributed by atoms with Crippen LogP contribution in [-0.4, -0.2) is 72.5 Å². The van der Waals surface area contributed by atoms with E-state index in [9.17, 15) is 9.90 Å². The SMILES string of the molecule is O=C(O)N1CC2CN(Cc3ccc(Cl)cc3N3CC4CCC(C3)O4)CC2C1. The molecule has 7 heteroatoms. The first-order chi connectivity index (χ1) is 13.0. The fraction of sp³-hybridized carbons (Fsp3) is 0.650. The number of benzene rings is 1. The second-order valence-corrected chi connectivity index (χ2v) is 8.97. The number of amides is 1. The van der Waals surface area contributed by atoms with Gasteiger partial charge in [-0.25, -0.2) is 4.79 Å². The summed E-state index contributed by atoms with van der Waals surface area (Å²) in [5.74, 6) is 0.937. The molecule has 0 radical (unpaired) electrons. The molecular formula is C20H26ClN3O3. The summed E-state index contributed by atoms with van der Waals surface area (Å²) in [6.07, 6.45) is 2.24. The summed E-state index contributed by atoms with van der Waals surface area (Å²) >= 11 is 6.33. The van der Waals surface area contributed by atoms with Crippen molar-refractivity contribution in [2.75, 3.05) is 44.2 Å². The Morgan fingerprint density at radius 1 is 1.07 bits per heavy atom. The van der Waals surface area contributed by atoms with Crippen molar-refractivity contribution < 1.29 is 14.6 Å². The average molecular weight is 392 g/mol. The van der Waals surface area contributed by atoms with Gasteiger partial charge in [0.05, 0.1) is 12.2 Å². The number of hydrogen-bond donors (Lipinski definition) is 1. The minimum Gasteiger partial charge on any atom is -0.465 e. The van der Waals surface area contributed by atoms with E-state index in [0.29, 0.717) is 37.1 Å². The van der Waals surface area contributed by atoms with Gasteiger partial charge in [-0.1, -0.05) is 17.7 Å². The van der Waals surface area contributed by atoms with E-state index in [-0.39, 0.29) is 0 Å². The van der Waals surface area contributed by atoms with Crippen LogP contribution in [0.15, 0.2) is 18.2 Å². The fourth-order valence-corrected chi connectivity index (χ4v) is 5.56. The first-order valence-electron chi connectivity index (χ1n) is 9.94. The first-order valence-corrected chi connectivity index (χ1v) is 10.3. The smallest absolute Gasteiger partial charge is 0.407 e. The van der Waals surface area contributed by atoms with E-state index in [1.807, 2.05) is 6.07 Å². The quantitative estimate of drug-likeness (QED) is 0.858. The highest BCUT2D eigenvalue weighted by Gasteiger charge is 2.42. The van der Waals surface area contributed by atoms with Crippen LogP contribution in [0, 0.1) is 11.8 Å². The van der Waals surface area contributed by atoms with Crippen LogP contribution in [-0.2, 0) is 11.3 Å². The Hall–Kier alpha value is -1.50. The number of nitrogens with zero attached hydrogens (tertiary/aromatic N) is 3. The molecule has 1 amide bonds. The lowest BCUT2D eigenvalue weighted by Crippen LogP contribution is -2.43. The summed E-state index contributed by atoms with van der Waals surface area (Å²) in [7, 11) is 0. The summed E-state index contributed by atoms with van der Waals surface area (Å²) in [4.78, 5) is 17.7. The molecule has 4 saturated heterocycles. The van der Waals surface area contributed by atoms with Gasteiger partial charge in [-0.2, -0.15) is 0 Å². The van der Waals surface area contributed by atoms with Crippen molar-refractivity contribution in [1.82, 2.24) is 9.80 Å². The zero-order chi connectivity index (χ0) is 18.5. The van der Waals surface area contributed by atoms with Crippen LogP contribution in [0.25, 0.3) is 0 Å². The van der Waals surface area contributed by atoms with Gasteiger partial charge < -0.3 is 19.6 Å². The predicted molar refractivity (Wildman–Crippen MR) is 103 cm³/mol. The Labute approximate surface area is 164 Å². The highest BCUT2D eigenvalue weighted by atomic mass is 35.5. The van der Waals surface area contributed by atoms with Crippen LogP contribution in [0.2, 0.25) is 5.02 Å². The van der Waals surface area contributed by atoms with Gasteiger partial charge in [-0.15, -0.1) is 0 Å². The summed E-state index contributed by atoms with van der Waals surface area (Å²) in [6.45, 7) is 6.11. The van der Waals surface area contributed by atoms with E-state index >= 15 is 0 Å². The molecule has 4 fully saturated rings. The summed E-state index contributed by atoms with van der Waals surface area (Å²) in [5, 5.41) is 9.99. The molecule has 146 valence electrons. The van der Waals surface area contributed by atoms with Crippen LogP contribution in [0.1, 0.15) is 18.4 Å². The molecule has 0 saturated carbocycles. The van der Waals surface area contributed by atoms with E-state index < -0.39 is 6.09 Å². The minimum atomic E-state index is -0.780. The first kappa shape index (κ1) is 17.6. The maximum atomic E-state index is 11.2. The Morgan fingerprint density at radius 3 is 2.37 bits per heavy atom. The number of carboxylic acid groups (broad SMARTS) is 1. The van der Waals surface area contributed by atoms with E-state index in [1.54, 1.807) is 4.90 Å². The third-order valence-corrected chi connectivity index (χ3v) is 6.89. The zero-order valence-electron chi connectivity index (χ0n) is 15.4. The lowest BCUT2D eigenvalue weighted by Gasteiger charge is -2.35. The van der Waals surface area contributed by atoms with Gasteiger partial charge in [-0.05, 0) is 42.4 Å². The summed E-state index contributed by atoms with van der Waals surface area (Å²) in [5.41, 5.74) is 2.56. The fourth-order valence-electron chi connectivity index (χ4n) is 5.39. The number of hydrogen-bond acceptors (Lipinski definition) is 4. The third-order valence-electron chi connectivity index (χ3n) is 6.66. The number of rotatable bonds is 3. The molecule has 1 aromatic carbocycles. The highest BCUT2D eigenvalue weighted by Crippen LogP contribution is 2.36. The van der Waals surface area contributed by atoms with Gasteiger partial charge in [0.2, 0.25) is 0 Å². The van der Waals surface area contributed by atoms with Crippen molar-refractivity contribution in [1.29, 1.82) is 0 Å². The van der Waals surface area contributed by atoms with Crippen LogP contribution in [0.5, 0.6) is 0 Å². The molecule has 4 atom stereocenters. The Morgan fingerprint density at radius 2 is 1.74 bits per heavy atom. The number of likely N-dealkylation sites (tertiary alicyclic amines) is 2. The van der Waals surface area contributed by atoms with Crippen molar-refractivity contribution in [3.8, 4) is 0 Å². The monoisotopic (exact) mass is 391 g/mol. The van der Waals surface area contributed by atoms with Gasteiger partial charge in [-0.3, -0.25) is 4.90 Å². The second-order valence-electron chi connectivity index (χ2n) is 8.54. The zero-order valence-corrected chi connectivity index (χ0v) is 16.1. The second kappa shape index (κ2) is 6.83. The molecule has 27 heavy (non-hydrogen) atoms. The molecule has 6 nitrogen and oxygen atoms in total. The molecule has 4 heterocycles. The van der Waals surface area contributed by atoms with Crippen LogP contribution in [0.3, 0.4) is 0 Å². The van der Waals surface area contributed by atoms with Crippen LogP contribution < -0.4 is 4.90 Å². The number of anilines is 1.